The van der Waals surface area contributed by atoms with Gasteiger partial charge in [-0.25, -0.2) is 0 Å². The van der Waals surface area contributed by atoms with E-state index in [2.05, 4.69) is 10.1 Å². The van der Waals surface area contributed by atoms with Crippen molar-refractivity contribution in [1.82, 2.24) is 10.1 Å². The van der Waals surface area contributed by atoms with Crippen molar-refractivity contribution in [2.45, 2.75) is 50.5 Å². The molecule has 3 rings (SSSR count). The monoisotopic (exact) mass is 251 g/mol. The zero-order chi connectivity index (χ0) is 12.4. The van der Waals surface area contributed by atoms with Gasteiger partial charge in [0, 0.05) is 18.9 Å². The van der Waals surface area contributed by atoms with E-state index in [1.165, 1.54) is 12.8 Å². The van der Waals surface area contributed by atoms with Crippen LogP contribution in [0.1, 0.15) is 49.7 Å². The fourth-order valence-corrected chi connectivity index (χ4v) is 3.15. The number of hydrogen-bond donors (Lipinski definition) is 1. The van der Waals surface area contributed by atoms with Crippen LogP contribution in [0.5, 0.6) is 0 Å². The van der Waals surface area contributed by atoms with Crippen LogP contribution >= 0.6 is 0 Å². The molecule has 0 radical (unpaired) electrons. The van der Waals surface area contributed by atoms with Gasteiger partial charge in [-0.15, -0.1) is 0 Å². The van der Waals surface area contributed by atoms with Crippen LogP contribution in [0.25, 0.3) is 0 Å². The molecule has 3 unspecified atom stereocenters. The number of aromatic nitrogens is 2. The van der Waals surface area contributed by atoms with Gasteiger partial charge in [-0.1, -0.05) is 11.6 Å². The predicted octanol–water partition coefficient (Wildman–Crippen LogP) is 1.63. The summed E-state index contributed by atoms with van der Waals surface area (Å²) in [5, 5.41) is 4.09. The molecule has 0 spiro atoms. The van der Waals surface area contributed by atoms with Crippen molar-refractivity contribution >= 4 is 0 Å². The normalized spacial score (nSPS) is 32.2. The second-order valence-electron chi connectivity index (χ2n) is 5.42. The molecule has 1 aliphatic heterocycles. The third-order valence-electron chi connectivity index (χ3n) is 4.20. The van der Waals surface area contributed by atoms with Crippen LogP contribution < -0.4 is 5.73 Å². The van der Waals surface area contributed by atoms with Gasteiger partial charge in [0.15, 0.2) is 5.82 Å². The Balaban J connectivity index is 1.65. The Hall–Kier alpha value is -0.940. The fourth-order valence-electron chi connectivity index (χ4n) is 3.15. The highest BCUT2D eigenvalue weighted by atomic mass is 16.5. The Labute approximate surface area is 107 Å². The molecule has 100 valence electrons. The van der Waals surface area contributed by atoms with E-state index in [1.807, 2.05) is 0 Å². The molecule has 2 fully saturated rings. The summed E-state index contributed by atoms with van der Waals surface area (Å²) in [6.07, 6.45) is 6.85. The van der Waals surface area contributed by atoms with Crippen LogP contribution in [0.2, 0.25) is 0 Å². The first-order valence-electron chi connectivity index (χ1n) is 7.01. The Morgan fingerprint density at radius 2 is 2.17 bits per heavy atom. The molecule has 0 bridgehead atoms. The van der Waals surface area contributed by atoms with Crippen LogP contribution in [0.3, 0.4) is 0 Å². The Kier molecular flexibility index (Phi) is 3.61. The third-order valence-corrected chi connectivity index (χ3v) is 4.20. The largest absolute Gasteiger partial charge is 0.378 e. The molecule has 1 aromatic rings. The van der Waals surface area contributed by atoms with Gasteiger partial charge in [0.2, 0.25) is 5.89 Å². The molecular formula is C13H21N3O2. The number of nitrogens with two attached hydrogens (primary N) is 1. The second kappa shape index (κ2) is 5.36. The topological polar surface area (TPSA) is 74.2 Å². The molecule has 0 aromatic carbocycles. The van der Waals surface area contributed by atoms with E-state index in [9.17, 15) is 0 Å². The number of rotatable bonds is 4. The summed E-state index contributed by atoms with van der Waals surface area (Å²) >= 11 is 0. The molecule has 1 saturated heterocycles. The van der Waals surface area contributed by atoms with Gasteiger partial charge in [-0.05, 0) is 38.1 Å². The quantitative estimate of drug-likeness (QED) is 0.880. The molecule has 0 amide bonds. The minimum absolute atomic E-state index is 0.282. The van der Waals surface area contributed by atoms with Crippen LogP contribution in [-0.2, 0) is 11.2 Å². The Morgan fingerprint density at radius 1 is 1.22 bits per heavy atom. The summed E-state index contributed by atoms with van der Waals surface area (Å²) in [5.74, 6) is 2.47. The van der Waals surface area contributed by atoms with Crippen LogP contribution in [-0.4, -0.2) is 29.4 Å². The van der Waals surface area contributed by atoms with E-state index in [4.69, 9.17) is 15.0 Å². The third kappa shape index (κ3) is 2.42. The summed E-state index contributed by atoms with van der Waals surface area (Å²) in [7, 11) is 0. The summed E-state index contributed by atoms with van der Waals surface area (Å²) in [5.41, 5.74) is 5.79. The Morgan fingerprint density at radius 3 is 2.94 bits per heavy atom. The minimum Gasteiger partial charge on any atom is -0.378 e. The van der Waals surface area contributed by atoms with Gasteiger partial charge in [-0.3, -0.25) is 0 Å². The smallest absolute Gasteiger partial charge is 0.230 e. The molecule has 3 atom stereocenters. The second-order valence-corrected chi connectivity index (χ2v) is 5.42. The lowest BCUT2D eigenvalue weighted by Crippen LogP contribution is -2.17. The molecule has 2 aliphatic rings. The highest BCUT2D eigenvalue weighted by Crippen LogP contribution is 2.38. The van der Waals surface area contributed by atoms with Crippen molar-refractivity contribution < 1.29 is 9.26 Å². The average Bonchev–Trinajstić information content (AvgIpc) is 3.09. The van der Waals surface area contributed by atoms with Crippen molar-refractivity contribution in [3.8, 4) is 0 Å². The number of nitrogens with zero attached hydrogens (tertiary/aromatic N) is 2. The highest BCUT2D eigenvalue weighted by molar-refractivity contribution is 5.01. The summed E-state index contributed by atoms with van der Waals surface area (Å²) < 4.78 is 11.0. The van der Waals surface area contributed by atoms with Crippen LogP contribution in [0.15, 0.2) is 4.52 Å². The molecule has 1 aromatic heterocycles. The van der Waals surface area contributed by atoms with Crippen molar-refractivity contribution in [2.24, 2.45) is 11.7 Å². The molecule has 5 heteroatoms. The first-order valence-corrected chi connectivity index (χ1v) is 7.01. The van der Waals surface area contributed by atoms with E-state index in [0.717, 1.165) is 44.0 Å². The maximum Gasteiger partial charge on any atom is 0.230 e. The lowest BCUT2D eigenvalue weighted by atomic mass is 9.96. The summed E-state index contributed by atoms with van der Waals surface area (Å²) in [4.78, 5) is 4.54. The van der Waals surface area contributed by atoms with Gasteiger partial charge in [0.05, 0.1) is 6.10 Å². The van der Waals surface area contributed by atoms with Crippen molar-refractivity contribution in [2.75, 3.05) is 13.2 Å². The maximum absolute atomic E-state index is 5.79. The van der Waals surface area contributed by atoms with Crippen molar-refractivity contribution in [3.05, 3.63) is 11.7 Å². The average molecular weight is 251 g/mol. The zero-order valence-corrected chi connectivity index (χ0v) is 10.7. The van der Waals surface area contributed by atoms with Crippen molar-refractivity contribution in [1.29, 1.82) is 0 Å². The molecule has 18 heavy (non-hydrogen) atoms. The number of hydrogen-bond acceptors (Lipinski definition) is 5. The van der Waals surface area contributed by atoms with Crippen LogP contribution in [0.4, 0.5) is 0 Å². The molecule has 5 nitrogen and oxygen atoms in total. The molecule has 1 aliphatic carbocycles. The maximum atomic E-state index is 5.79. The predicted molar refractivity (Wildman–Crippen MR) is 66.1 cm³/mol. The summed E-state index contributed by atoms with van der Waals surface area (Å²) in [6.45, 7) is 1.58. The SMILES string of the molecule is NCC1CCCC1c1nc(CC2CCCO2)no1. The fraction of sp³-hybridized carbons (Fsp3) is 0.846. The molecule has 2 N–H and O–H groups in total. The first-order chi connectivity index (χ1) is 8.86. The summed E-state index contributed by atoms with van der Waals surface area (Å²) in [6, 6.07) is 0. The van der Waals surface area contributed by atoms with E-state index in [0.29, 0.717) is 18.4 Å². The van der Waals surface area contributed by atoms with Crippen LogP contribution in [0, 0.1) is 5.92 Å². The standard InChI is InChI=1S/C13H21N3O2/c14-8-9-3-1-5-11(9)13-15-12(16-18-13)7-10-4-2-6-17-10/h9-11H,1-8,14H2. The van der Waals surface area contributed by atoms with E-state index >= 15 is 0 Å². The molecule has 1 saturated carbocycles. The van der Waals surface area contributed by atoms with Crippen molar-refractivity contribution in [3.63, 3.8) is 0 Å². The van der Waals surface area contributed by atoms with E-state index in [1.54, 1.807) is 0 Å². The first kappa shape index (κ1) is 12.1. The lowest BCUT2D eigenvalue weighted by Gasteiger charge is -2.12. The van der Waals surface area contributed by atoms with Gasteiger partial charge >= 0.3 is 0 Å². The molecule has 2 heterocycles. The van der Waals surface area contributed by atoms with Gasteiger partial charge < -0.3 is 15.0 Å². The van der Waals surface area contributed by atoms with Gasteiger partial charge in [0.25, 0.3) is 0 Å². The highest BCUT2D eigenvalue weighted by Gasteiger charge is 2.32. The number of ether oxygens (including phenoxy) is 1. The van der Waals surface area contributed by atoms with Gasteiger partial charge in [-0.2, -0.15) is 4.98 Å². The van der Waals surface area contributed by atoms with E-state index in [-0.39, 0.29) is 6.10 Å². The minimum atomic E-state index is 0.282. The lowest BCUT2D eigenvalue weighted by molar-refractivity contribution is 0.109. The zero-order valence-electron chi connectivity index (χ0n) is 10.7. The van der Waals surface area contributed by atoms with Gasteiger partial charge in [0.1, 0.15) is 0 Å². The molecular weight excluding hydrogens is 230 g/mol. The van der Waals surface area contributed by atoms with E-state index < -0.39 is 0 Å². The Bertz CT molecular complexity index is 387.